The number of nitrogens with one attached hydrogen (secondary N) is 2. The fraction of sp³-hybridized carbons (Fsp3) is 0.633. The standard InChI is InChI=1S/2C30H49NOSi2/c2*1-19(2)33(20(3)4,21(5)6)18-17-27(34(22(7)8,23(9)10)24(11)12)29-26-16-14-15-25(13)28(26)30(32)31-29/h2*14-16,19-24H,1-13H3,(H,31,32)/b2*29-27-. The first-order chi connectivity index (χ1) is 31.3. The van der Waals surface area contributed by atoms with Crippen LogP contribution in [0, 0.1) is 36.8 Å². The van der Waals surface area contributed by atoms with Crippen LogP contribution in [0.2, 0.25) is 66.5 Å². The van der Waals surface area contributed by atoms with Crippen molar-refractivity contribution in [2.45, 2.75) is 247 Å². The number of carbonyl (C=O) groups excluding carboxylic acids is 2. The lowest BCUT2D eigenvalue weighted by Crippen LogP contribution is -2.48. The molecule has 2 aromatic rings. The monoisotopic (exact) mass is 991 g/mol. The first-order valence-electron chi connectivity index (χ1n) is 26.7. The molecule has 0 saturated carbocycles. The molecule has 0 saturated heterocycles. The van der Waals surface area contributed by atoms with E-state index in [4.69, 9.17) is 0 Å². The van der Waals surface area contributed by atoms with Gasteiger partial charge < -0.3 is 10.6 Å². The zero-order valence-corrected chi connectivity index (χ0v) is 52.2. The number of allylic oxidation sites excluding steroid dienone is 2. The highest BCUT2D eigenvalue weighted by atomic mass is 28.3. The highest BCUT2D eigenvalue weighted by Gasteiger charge is 2.51. The molecular formula is C60H98N2O2Si4. The number of fused-ring (bicyclic) bond motifs is 2. The Labute approximate surface area is 423 Å². The number of rotatable bonds is 14. The molecule has 0 bridgehead atoms. The maximum absolute atomic E-state index is 13.2. The van der Waals surface area contributed by atoms with Gasteiger partial charge in [0.05, 0.1) is 22.5 Å². The molecule has 4 nitrogen and oxygen atoms in total. The zero-order chi connectivity index (χ0) is 52.3. The molecule has 0 spiro atoms. The second-order valence-electron chi connectivity index (χ2n) is 24.5. The van der Waals surface area contributed by atoms with E-state index in [1.54, 1.807) is 0 Å². The quantitative estimate of drug-likeness (QED) is 0.146. The Morgan fingerprint density at radius 1 is 0.382 bits per heavy atom. The first-order valence-corrected chi connectivity index (χ1v) is 35.6. The van der Waals surface area contributed by atoms with Crippen LogP contribution in [0.5, 0.6) is 0 Å². The Hall–Kier alpha value is -3.15. The first kappa shape index (κ1) is 59.2. The van der Waals surface area contributed by atoms with Crippen LogP contribution in [0.3, 0.4) is 0 Å². The van der Waals surface area contributed by atoms with Crippen molar-refractivity contribution in [3.05, 3.63) is 80.2 Å². The number of amides is 2. The lowest BCUT2D eigenvalue weighted by molar-refractivity contribution is 0.0972. The summed E-state index contributed by atoms with van der Waals surface area (Å²) in [6.45, 7) is 61.3. The van der Waals surface area contributed by atoms with Gasteiger partial charge in [-0.2, -0.15) is 0 Å². The molecule has 2 N–H and O–H groups in total. The number of aryl methyl sites for hydroxylation is 2. The lowest BCUT2D eigenvalue weighted by Gasteiger charge is -2.44. The summed E-state index contributed by atoms with van der Waals surface area (Å²) in [6, 6.07) is 12.5. The summed E-state index contributed by atoms with van der Waals surface area (Å²) in [7, 11) is -8.12. The fourth-order valence-corrected chi connectivity index (χ4v) is 38.9. The van der Waals surface area contributed by atoms with Crippen molar-refractivity contribution < 1.29 is 9.59 Å². The van der Waals surface area contributed by atoms with E-state index in [0.29, 0.717) is 66.5 Å². The third-order valence-electron chi connectivity index (χ3n) is 17.7. The Bertz CT molecular complexity index is 2080. The van der Waals surface area contributed by atoms with E-state index in [0.717, 1.165) is 44.8 Å². The van der Waals surface area contributed by atoms with Gasteiger partial charge in [-0.15, -0.1) is 11.1 Å². The zero-order valence-electron chi connectivity index (χ0n) is 48.2. The smallest absolute Gasteiger partial charge is 0.256 e. The Kier molecular flexibility index (Phi) is 20.0. The predicted molar refractivity (Wildman–Crippen MR) is 311 cm³/mol. The van der Waals surface area contributed by atoms with Crippen molar-refractivity contribution in [2.75, 3.05) is 0 Å². The van der Waals surface area contributed by atoms with E-state index in [1.165, 1.54) is 10.4 Å². The van der Waals surface area contributed by atoms with Crippen molar-refractivity contribution in [1.82, 2.24) is 10.6 Å². The van der Waals surface area contributed by atoms with Crippen molar-refractivity contribution >= 4 is 55.5 Å². The summed E-state index contributed by atoms with van der Waals surface area (Å²) in [5.41, 5.74) is 22.5. The van der Waals surface area contributed by atoms with E-state index in [9.17, 15) is 9.59 Å². The molecule has 0 aliphatic carbocycles. The number of carbonyl (C=O) groups is 2. The Morgan fingerprint density at radius 3 is 0.824 bits per heavy atom. The van der Waals surface area contributed by atoms with Crippen LogP contribution in [0.25, 0.3) is 11.4 Å². The van der Waals surface area contributed by atoms with Gasteiger partial charge in [0.15, 0.2) is 0 Å². The maximum Gasteiger partial charge on any atom is 0.256 e. The molecule has 0 aromatic heterocycles. The fourth-order valence-electron chi connectivity index (χ4n) is 15.0. The van der Waals surface area contributed by atoms with Gasteiger partial charge in [0.2, 0.25) is 0 Å². The number of hydrogen-bond acceptors (Lipinski definition) is 2. The van der Waals surface area contributed by atoms with Crippen molar-refractivity contribution in [1.29, 1.82) is 0 Å². The highest BCUT2D eigenvalue weighted by molar-refractivity contribution is 6.94. The maximum atomic E-state index is 13.2. The molecule has 4 rings (SSSR count). The minimum absolute atomic E-state index is 0.0293. The molecule has 2 aliphatic rings. The van der Waals surface area contributed by atoms with E-state index >= 15 is 0 Å². The summed E-state index contributed by atoms with van der Waals surface area (Å²) in [5, 5.41) is 9.25. The van der Waals surface area contributed by atoms with E-state index in [2.05, 4.69) is 224 Å². The second-order valence-corrected chi connectivity index (χ2v) is 47.3. The van der Waals surface area contributed by atoms with E-state index in [1.807, 2.05) is 26.0 Å². The minimum Gasteiger partial charge on any atom is -0.321 e. The van der Waals surface area contributed by atoms with Crippen molar-refractivity contribution in [3.8, 4) is 22.9 Å². The third kappa shape index (κ3) is 10.3. The molecule has 2 aromatic carbocycles. The van der Waals surface area contributed by atoms with Crippen LogP contribution in [-0.4, -0.2) is 44.1 Å². The molecule has 0 fully saturated rings. The van der Waals surface area contributed by atoms with Crippen molar-refractivity contribution in [2.24, 2.45) is 0 Å². The normalized spacial score (nSPS) is 16.0. The van der Waals surface area contributed by atoms with Gasteiger partial charge in [-0.05, 0) is 91.5 Å². The topological polar surface area (TPSA) is 58.2 Å². The van der Waals surface area contributed by atoms with Crippen LogP contribution in [0.1, 0.15) is 209 Å². The van der Waals surface area contributed by atoms with Gasteiger partial charge in [-0.25, -0.2) is 0 Å². The lowest BCUT2D eigenvalue weighted by atomic mass is 10.0. The SMILES string of the molecule is Cc1cccc2c1C(=O)N/C2=C(/C#C[Si](C(C)C)(C(C)C)C(C)C)[Si](C(C)C)(C(C)C)C(C)C.Cc1cccc2c1C(=O)N/C2=C(/C#C[Si](C(C)C)(C(C)C)C(C)C)[Si](C(C)C)(C(C)C)C(C)C. The van der Waals surface area contributed by atoms with E-state index < -0.39 is 32.3 Å². The summed E-state index contributed by atoms with van der Waals surface area (Å²) in [5.74, 6) is 7.96. The summed E-state index contributed by atoms with van der Waals surface area (Å²) >= 11 is 0. The number of hydrogen-bond donors (Lipinski definition) is 2. The van der Waals surface area contributed by atoms with Crippen LogP contribution < -0.4 is 10.6 Å². The van der Waals surface area contributed by atoms with Crippen LogP contribution >= 0.6 is 0 Å². The molecule has 2 aliphatic heterocycles. The average Bonchev–Trinajstić information content (AvgIpc) is 3.72. The van der Waals surface area contributed by atoms with Crippen LogP contribution in [-0.2, 0) is 0 Å². The Balaban J connectivity index is 0.000000360. The summed E-state index contributed by atoms with van der Waals surface area (Å²) < 4.78 is 0. The van der Waals surface area contributed by atoms with Gasteiger partial charge in [0.25, 0.3) is 11.8 Å². The van der Waals surface area contributed by atoms with Gasteiger partial charge >= 0.3 is 0 Å². The highest BCUT2D eigenvalue weighted by Crippen LogP contribution is 2.52. The molecule has 376 valence electrons. The molecule has 0 atom stereocenters. The van der Waals surface area contributed by atoms with Gasteiger partial charge in [0.1, 0.15) is 32.3 Å². The third-order valence-corrected chi connectivity index (χ3v) is 44.2. The molecule has 8 heteroatoms. The van der Waals surface area contributed by atoms with Crippen LogP contribution in [0.15, 0.2) is 46.8 Å². The van der Waals surface area contributed by atoms with E-state index in [-0.39, 0.29) is 11.8 Å². The molecule has 68 heavy (non-hydrogen) atoms. The largest absolute Gasteiger partial charge is 0.321 e. The predicted octanol–water partition coefficient (Wildman–Crippen LogP) is 17.8. The molecule has 2 heterocycles. The van der Waals surface area contributed by atoms with Crippen LogP contribution in [0.4, 0.5) is 0 Å². The summed E-state index contributed by atoms with van der Waals surface area (Å²) in [4.78, 5) is 26.4. The minimum atomic E-state index is -2.13. The Morgan fingerprint density at radius 2 is 0.618 bits per heavy atom. The van der Waals surface area contributed by atoms with Crippen molar-refractivity contribution in [3.63, 3.8) is 0 Å². The molecule has 0 unspecified atom stereocenters. The van der Waals surface area contributed by atoms with Gasteiger partial charge in [-0.3, -0.25) is 9.59 Å². The number of benzene rings is 2. The molecular weight excluding hydrogens is 893 g/mol. The van der Waals surface area contributed by atoms with Gasteiger partial charge in [-0.1, -0.05) is 214 Å². The molecule has 2 amide bonds. The second kappa shape index (κ2) is 22.9. The average molecular weight is 992 g/mol. The van der Waals surface area contributed by atoms with Gasteiger partial charge in [0, 0.05) is 21.5 Å². The molecule has 0 radical (unpaired) electrons. The summed E-state index contributed by atoms with van der Waals surface area (Å²) in [6.07, 6.45) is 0.